The predicted octanol–water partition coefficient (Wildman–Crippen LogP) is 5.01. The summed E-state index contributed by atoms with van der Waals surface area (Å²) in [5.74, 6) is -4.55. The molecule has 6 heteroatoms. The Balaban J connectivity index is 2.15. The molecule has 0 radical (unpaired) electrons. The van der Waals surface area contributed by atoms with Gasteiger partial charge in [0, 0.05) is 0 Å². The molecule has 0 aliphatic heterocycles. The fourth-order valence-electron chi connectivity index (χ4n) is 8.61. The van der Waals surface area contributed by atoms with Gasteiger partial charge in [-0.1, -0.05) is 41.0 Å². The Hall–Kier alpha value is -1.59. The average molecular weight is 437 g/mol. The number of carbonyl (C=O) groups is 3. The molecule has 1 spiro atoms. The Bertz CT molecular complexity index is 761. The van der Waals surface area contributed by atoms with Gasteiger partial charge in [0.05, 0.1) is 17.3 Å². The number of fused-ring (bicyclic) bond motifs is 1. The molecule has 9 unspecified atom stereocenters. The summed E-state index contributed by atoms with van der Waals surface area (Å²) < 4.78 is 0. The van der Waals surface area contributed by atoms with E-state index in [9.17, 15) is 29.7 Å². The SMILES string of the molecule is CC(C)C1CC2(CCC3C(C)(C(=O)O)CCCC3(C)C2C)C(C(=O)O)C(C(=O)O)C1C. The molecule has 31 heavy (non-hydrogen) atoms. The third kappa shape index (κ3) is 3.31. The van der Waals surface area contributed by atoms with Gasteiger partial charge in [-0.05, 0) is 79.4 Å². The van der Waals surface area contributed by atoms with Crippen molar-refractivity contribution in [3.8, 4) is 0 Å². The summed E-state index contributed by atoms with van der Waals surface area (Å²) in [7, 11) is 0. The second-order valence-electron chi connectivity index (χ2n) is 11.8. The van der Waals surface area contributed by atoms with E-state index in [1.807, 2.05) is 13.8 Å². The molecule has 0 bridgehead atoms. The van der Waals surface area contributed by atoms with Crippen molar-refractivity contribution < 1.29 is 29.7 Å². The lowest BCUT2D eigenvalue weighted by Gasteiger charge is -2.66. The zero-order chi connectivity index (χ0) is 23.5. The Labute approximate surface area is 185 Å². The maximum atomic E-state index is 12.7. The lowest BCUT2D eigenvalue weighted by Crippen LogP contribution is -2.64. The van der Waals surface area contributed by atoms with E-state index in [0.717, 1.165) is 12.8 Å². The zero-order valence-corrected chi connectivity index (χ0v) is 19.9. The molecule has 3 N–H and O–H groups in total. The van der Waals surface area contributed by atoms with E-state index in [-0.39, 0.29) is 35.0 Å². The summed E-state index contributed by atoms with van der Waals surface area (Å²) in [5.41, 5.74) is -1.76. The Morgan fingerprint density at radius 3 is 2.03 bits per heavy atom. The summed E-state index contributed by atoms with van der Waals surface area (Å²) in [6.45, 7) is 12.2. The minimum absolute atomic E-state index is 0.0264. The number of carboxylic acids is 3. The maximum Gasteiger partial charge on any atom is 0.309 e. The molecule has 3 aliphatic rings. The minimum atomic E-state index is -1.01. The molecule has 0 amide bonds. The Morgan fingerprint density at radius 1 is 0.935 bits per heavy atom. The molecule has 0 heterocycles. The highest BCUT2D eigenvalue weighted by Crippen LogP contribution is 2.70. The van der Waals surface area contributed by atoms with Gasteiger partial charge in [0.1, 0.15) is 0 Å². The van der Waals surface area contributed by atoms with Gasteiger partial charge in [-0.25, -0.2) is 0 Å². The van der Waals surface area contributed by atoms with E-state index in [4.69, 9.17) is 0 Å². The maximum absolute atomic E-state index is 12.7. The van der Waals surface area contributed by atoms with Crippen LogP contribution >= 0.6 is 0 Å². The van der Waals surface area contributed by atoms with Crippen molar-refractivity contribution in [3.05, 3.63) is 0 Å². The third-order valence-corrected chi connectivity index (χ3v) is 10.5. The summed E-state index contributed by atoms with van der Waals surface area (Å²) >= 11 is 0. The molecule has 0 aromatic carbocycles. The van der Waals surface area contributed by atoms with Crippen LogP contribution in [0.25, 0.3) is 0 Å². The van der Waals surface area contributed by atoms with Crippen molar-refractivity contribution in [1.82, 2.24) is 0 Å². The third-order valence-electron chi connectivity index (χ3n) is 10.5. The molecular formula is C25H40O6. The van der Waals surface area contributed by atoms with Gasteiger partial charge in [-0.3, -0.25) is 14.4 Å². The molecule has 6 nitrogen and oxygen atoms in total. The fraction of sp³-hybridized carbons (Fsp3) is 0.880. The molecule has 3 saturated carbocycles. The highest BCUT2D eigenvalue weighted by atomic mass is 16.4. The fourth-order valence-corrected chi connectivity index (χ4v) is 8.61. The van der Waals surface area contributed by atoms with Crippen molar-refractivity contribution in [3.63, 3.8) is 0 Å². The number of rotatable bonds is 4. The van der Waals surface area contributed by atoms with Crippen molar-refractivity contribution in [2.45, 2.75) is 80.1 Å². The second kappa shape index (κ2) is 7.77. The normalized spacial score (nSPS) is 47.7. The Kier molecular flexibility index (Phi) is 6.03. The van der Waals surface area contributed by atoms with Crippen molar-refractivity contribution in [2.24, 2.45) is 57.7 Å². The van der Waals surface area contributed by atoms with Crippen LogP contribution in [0.15, 0.2) is 0 Å². The standard InChI is InChI=1S/C25H40O6/c1-13(2)16-12-25(19(21(28)29)18(14(16)3)20(26)27)11-8-17-23(5,15(25)4)9-7-10-24(17,6)22(30)31/h13-19H,7-12H2,1-6H3,(H,26,27)(H,28,29)(H,30,31). The molecule has 3 fully saturated rings. The van der Waals surface area contributed by atoms with E-state index >= 15 is 0 Å². The van der Waals surface area contributed by atoms with Crippen molar-refractivity contribution in [1.29, 1.82) is 0 Å². The van der Waals surface area contributed by atoms with Gasteiger partial charge >= 0.3 is 17.9 Å². The predicted molar refractivity (Wildman–Crippen MR) is 116 cm³/mol. The molecule has 3 aliphatic carbocycles. The highest BCUT2D eigenvalue weighted by Gasteiger charge is 2.67. The van der Waals surface area contributed by atoms with E-state index < -0.39 is 40.6 Å². The van der Waals surface area contributed by atoms with Gasteiger partial charge in [-0.15, -0.1) is 0 Å². The first-order valence-electron chi connectivity index (χ1n) is 11.9. The first-order chi connectivity index (χ1) is 14.2. The lowest BCUT2D eigenvalue weighted by molar-refractivity contribution is -0.211. The van der Waals surface area contributed by atoms with Crippen LogP contribution < -0.4 is 0 Å². The van der Waals surface area contributed by atoms with Gasteiger partial charge in [0.2, 0.25) is 0 Å². The quantitative estimate of drug-likeness (QED) is 0.571. The monoisotopic (exact) mass is 436 g/mol. The van der Waals surface area contributed by atoms with Gasteiger partial charge in [0.15, 0.2) is 0 Å². The number of carboxylic acid groups (broad SMARTS) is 3. The Morgan fingerprint density at radius 2 is 1.55 bits per heavy atom. The highest BCUT2D eigenvalue weighted by molar-refractivity contribution is 5.81. The molecule has 3 rings (SSSR count). The van der Waals surface area contributed by atoms with E-state index in [0.29, 0.717) is 25.7 Å². The van der Waals surface area contributed by atoms with Crippen LogP contribution in [-0.2, 0) is 14.4 Å². The molecule has 0 aromatic heterocycles. The zero-order valence-electron chi connectivity index (χ0n) is 19.9. The minimum Gasteiger partial charge on any atom is -0.481 e. The number of aliphatic carboxylic acids is 3. The summed E-state index contributed by atoms with van der Waals surface area (Å²) in [6.07, 6.45) is 4.27. The second-order valence-corrected chi connectivity index (χ2v) is 11.8. The van der Waals surface area contributed by atoms with E-state index in [1.54, 1.807) is 0 Å². The first-order valence-corrected chi connectivity index (χ1v) is 11.9. The van der Waals surface area contributed by atoms with E-state index in [2.05, 4.69) is 27.7 Å². The van der Waals surface area contributed by atoms with Crippen LogP contribution in [0.1, 0.15) is 80.1 Å². The summed E-state index contributed by atoms with van der Waals surface area (Å²) in [5, 5.41) is 30.6. The summed E-state index contributed by atoms with van der Waals surface area (Å²) in [6, 6.07) is 0. The first kappa shape index (κ1) is 24.1. The van der Waals surface area contributed by atoms with Gasteiger partial charge in [0.25, 0.3) is 0 Å². The van der Waals surface area contributed by atoms with Crippen LogP contribution in [-0.4, -0.2) is 33.2 Å². The van der Waals surface area contributed by atoms with Crippen LogP contribution in [0, 0.1) is 57.7 Å². The number of hydrogen-bond donors (Lipinski definition) is 3. The molecule has 0 saturated heterocycles. The number of hydrogen-bond acceptors (Lipinski definition) is 3. The van der Waals surface area contributed by atoms with Crippen molar-refractivity contribution >= 4 is 17.9 Å². The molecule has 9 atom stereocenters. The van der Waals surface area contributed by atoms with E-state index in [1.165, 1.54) is 0 Å². The largest absolute Gasteiger partial charge is 0.481 e. The smallest absolute Gasteiger partial charge is 0.309 e. The van der Waals surface area contributed by atoms with Crippen LogP contribution in [0.2, 0.25) is 0 Å². The average Bonchev–Trinajstić information content (AvgIpc) is 2.65. The van der Waals surface area contributed by atoms with Crippen LogP contribution in [0.5, 0.6) is 0 Å². The molecular weight excluding hydrogens is 396 g/mol. The van der Waals surface area contributed by atoms with Gasteiger partial charge in [-0.2, -0.15) is 0 Å². The molecule has 176 valence electrons. The van der Waals surface area contributed by atoms with Gasteiger partial charge < -0.3 is 15.3 Å². The van der Waals surface area contributed by atoms with Crippen LogP contribution in [0.3, 0.4) is 0 Å². The molecule has 0 aromatic rings. The van der Waals surface area contributed by atoms with Crippen LogP contribution in [0.4, 0.5) is 0 Å². The summed E-state index contributed by atoms with van der Waals surface area (Å²) in [4.78, 5) is 37.3. The lowest BCUT2D eigenvalue weighted by atomic mass is 9.37. The topological polar surface area (TPSA) is 112 Å². The van der Waals surface area contributed by atoms with Crippen molar-refractivity contribution in [2.75, 3.05) is 0 Å².